The van der Waals surface area contributed by atoms with Crippen LogP contribution in [0.1, 0.15) is 0 Å². The van der Waals surface area contributed by atoms with Gasteiger partial charge in [0.2, 0.25) is 5.82 Å². The van der Waals surface area contributed by atoms with Crippen LogP contribution in [0.25, 0.3) is 22.8 Å². The summed E-state index contributed by atoms with van der Waals surface area (Å²) in [6.07, 6.45) is 1.59. The van der Waals surface area contributed by atoms with Gasteiger partial charge in [-0.2, -0.15) is 10.1 Å². The molecule has 7 heteroatoms. The highest BCUT2D eigenvalue weighted by molar-refractivity contribution is 5.70. The van der Waals surface area contributed by atoms with Crippen LogP contribution < -0.4 is 10.5 Å². The first-order chi connectivity index (χ1) is 9.70. The van der Waals surface area contributed by atoms with E-state index in [1.54, 1.807) is 25.0 Å². The Labute approximate surface area is 115 Å². The number of aryl methyl sites for hydroxylation is 1. The van der Waals surface area contributed by atoms with Gasteiger partial charge >= 0.3 is 0 Å². The first kappa shape index (κ1) is 12.2. The summed E-state index contributed by atoms with van der Waals surface area (Å²) in [5.74, 6) is 1.93. The molecule has 0 aliphatic rings. The molecule has 7 nitrogen and oxygen atoms in total. The minimum atomic E-state index is 0.330. The van der Waals surface area contributed by atoms with E-state index in [-0.39, 0.29) is 0 Å². The topological polar surface area (TPSA) is 92.0 Å². The number of anilines is 1. The van der Waals surface area contributed by atoms with Gasteiger partial charge in [-0.15, -0.1) is 0 Å². The van der Waals surface area contributed by atoms with Crippen LogP contribution in [0.3, 0.4) is 0 Å². The summed E-state index contributed by atoms with van der Waals surface area (Å²) >= 11 is 0. The largest absolute Gasteiger partial charge is 0.496 e. The summed E-state index contributed by atoms with van der Waals surface area (Å²) < 4.78 is 12.1. The first-order valence-electron chi connectivity index (χ1n) is 5.95. The molecular weight excluding hydrogens is 258 g/mol. The fourth-order valence-corrected chi connectivity index (χ4v) is 1.88. The SMILES string of the molecule is COc1ccccc1-c1noc(-c2cnn(C)c2N)n1. The third kappa shape index (κ3) is 1.89. The van der Waals surface area contributed by atoms with Crippen LogP contribution in [0, 0.1) is 0 Å². The van der Waals surface area contributed by atoms with Gasteiger partial charge in [-0.1, -0.05) is 17.3 Å². The van der Waals surface area contributed by atoms with Crippen LogP contribution in [0.4, 0.5) is 5.82 Å². The molecule has 3 aromatic rings. The molecule has 0 radical (unpaired) electrons. The average molecular weight is 271 g/mol. The van der Waals surface area contributed by atoms with Gasteiger partial charge in [-0.25, -0.2) is 0 Å². The molecular formula is C13H13N5O2. The van der Waals surface area contributed by atoms with Crippen LogP contribution in [0.5, 0.6) is 5.75 Å². The van der Waals surface area contributed by atoms with Gasteiger partial charge in [0.05, 0.1) is 18.9 Å². The van der Waals surface area contributed by atoms with Crippen molar-refractivity contribution in [2.75, 3.05) is 12.8 Å². The number of methoxy groups -OCH3 is 1. The standard InChI is InChI=1S/C13H13N5O2/c1-18-11(14)9(7-15-18)13-16-12(17-20-13)8-5-3-4-6-10(8)19-2/h3-7H,14H2,1-2H3. The molecule has 0 unspecified atom stereocenters. The van der Waals surface area contributed by atoms with E-state index in [9.17, 15) is 0 Å². The van der Waals surface area contributed by atoms with Crippen LogP contribution in [-0.4, -0.2) is 27.0 Å². The average Bonchev–Trinajstić information content (AvgIpc) is 3.07. The molecule has 20 heavy (non-hydrogen) atoms. The van der Waals surface area contributed by atoms with Crippen LogP contribution >= 0.6 is 0 Å². The van der Waals surface area contributed by atoms with E-state index in [0.717, 1.165) is 5.56 Å². The van der Waals surface area contributed by atoms with Crippen molar-refractivity contribution >= 4 is 5.82 Å². The lowest BCUT2D eigenvalue weighted by atomic mass is 10.2. The number of nitrogens with two attached hydrogens (primary N) is 1. The predicted octanol–water partition coefficient (Wildman–Crippen LogP) is 1.73. The molecule has 0 atom stereocenters. The van der Waals surface area contributed by atoms with E-state index >= 15 is 0 Å². The Morgan fingerprint density at radius 2 is 2.05 bits per heavy atom. The number of aromatic nitrogens is 4. The highest BCUT2D eigenvalue weighted by Crippen LogP contribution is 2.30. The Bertz CT molecular complexity index is 747. The summed E-state index contributed by atoms with van der Waals surface area (Å²) in [5, 5.41) is 8.01. The molecule has 0 bridgehead atoms. The quantitative estimate of drug-likeness (QED) is 0.779. The molecule has 3 rings (SSSR count). The maximum absolute atomic E-state index is 5.89. The fraction of sp³-hybridized carbons (Fsp3) is 0.154. The molecule has 0 saturated carbocycles. The second kappa shape index (κ2) is 4.69. The number of nitrogen functional groups attached to an aromatic ring is 1. The smallest absolute Gasteiger partial charge is 0.263 e. The number of hydrogen-bond donors (Lipinski definition) is 1. The lowest BCUT2D eigenvalue weighted by Crippen LogP contribution is -1.98. The van der Waals surface area contributed by atoms with E-state index in [1.807, 2.05) is 24.3 Å². The Hall–Kier alpha value is -2.83. The predicted molar refractivity (Wildman–Crippen MR) is 72.9 cm³/mol. The zero-order valence-corrected chi connectivity index (χ0v) is 11.1. The minimum Gasteiger partial charge on any atom is -0.496 e. The Morgan fingerprint density at radius 1 is 1.25 bits per heavy atom. The van der Waals surface area contributed by atoms with Gasteiger partial charge in [0.25, 0.3) is 5.89 Å². The molecule has 2 heterocycles. The van der Waals surface area contributed by atoms with Crippen molar-refractivity contribution in [1.29, 1.82) is 0 Å². The van der Waals surface area contributed by atoms with Crippen molar-refractivity contribution in [3.63, 3.8) is 0 Å². The summed E-state index contributed by atoms with van der Waals surface area (Å²) in [7, 11) is 3.34. The molecule has 0 aliphatic heterocycles. The Morgan fingerprint density at radius 3 is 2.75 bits per heavy atom. The molecule has 0 saturated heterocycles. The Kier molecular flexibility index (Phi) is 2.86. The third-order valence-electron chi connectivity index (χ3n) is 2.99. The molecule has 0 spiro atoms. The first-order valence-corrected chi connectivity index (χ1v) is 5.95. The normalized spacial score (nSPS) is 10.7. The van der Waals surface area contributed by atoms with Gasteiger partial charge in [0.15, 0.2) is 0 Å². The molecule has 0 amide bonds. The van der Waals surface area contributed by atoms with Crippen LogP contribution in [0.15, 0.2) is 35.0 Å². The maximum Gasteiger partial charge on any atom is 0.263 e. The molecule has 1 aromatic carbocycles. The van der Waals surface area contributed by atoms with Gasteiger partial charge in [0.1, 0.15) is 17.1 Å². The summed E-state index contributed by atoms with van der Waals surface area (Å²) in [5.41, 5.74) is 7.26. The van der Waals surface area contributed by atoms with Gasteiger partial charge < -0.3 is 15.0 Å². The van der Waals surface area contributed by atoms with E-state index in [4.69, 9.17) is 15.0 Å². The third-order valence-corrected chi connectivity index (χ3v) is 2.99. The highest BCUT2D eigenvalue weighted by atomic mass is 16.5. The molecule has 2 aromatic heterocycles. The maximum atomic E-state index is 5.89. The second-order valence-corrected chi connectivity index (χ2v) is 4.19. The summed E-state index contributed by atoms with van der Waals surface area (Å²) in [4.78, 5) is 4.34. The molecule has 0 aliphatic carbocycles. The molecule has 102 valence electrons. The zero-order valence-electron chi connectivity index (χ0n) is 11.1. The summed E-state index contributed by atoms with van der Waals surface area (Å²) in [6, 6.07) is 7.46. The molecule has 2 N–H and O–H groups in total. The van der Waals surface area contributed by atoms with Gasteiger partial charge in [-0.3, -0.25) is 4.68 Å². The van der Waals surface area contributed by atoms with Crippen molar-refractivity contribution in [3.8, 4) is 28.6 Å². The number of rotatable bonds is 3. The van der Waals surface area contributed by atoms with Gasteiger partial charge in [-0.05, 0) is 12.1 Å². The summed E-state index contributed by atoms with van der Waals surface area (Å²) in [6.45, 7) is 0. The fourth-order valence-electron chi connectivity index (χ4n) is 1.88. The van der Waals surface area contributed by atoms with Crippen molar-refractivity contribution in [3.05, 3.63) is 30.5 Å². The number of hydrogen-bond acceptors (Lipinski definition) is 6. The van der Waals surface area contributed by atoms with Crippen LogP contribution in [-0.2, 0) is 7.05 Å². The number of benzene rings is 1. The van der Waals surface area contributed by atoms with E-state index in [1.165, 1.54) is 0 Å². The molecule has 0 fully saturated rings. The van der Waals surface area contributed by atoms with Gasteiger partial charge in [0, 0.05) is 7.05 Å². The lowest BCUT2D eigenvalue weighted by Gasteiger charge is -2.02. The van der Waals surface area contributed by atoms with E-state index in [0.29, 0.717) is 28.8 Å². The second-order valence-electron chi connectivity index (χ2n) is 4.19. The van der Waals surface area contributed by atoms with Crippen molar-refractivity contribution in [2.24, 2.45) is 7.05 Å². The number of para-hydroxylation sites is 1. The zero-order chi connectivity index (χ0) is 14.1. The number of nitrogens with zero attached hydrogens (tertiary/aromatic N) is 4. The number of ether oxygens (including phenoxy) is 1. The Balaban J connectivity index is 2.04. The van der Waals surface area contributed by atoms with E-state index in [2.05, 4.69) is 15.2 Å². The van der Waals surface area contributed by atoms with Crippen LogP contribution in [0.2, 0.25) is 0 Å². The lowest BCUT2D eigenvalue weighted by molar-refractivity contribution is 0.413. The monoisotopic (exact) mass is 271 g/mol. The highest BCUT2D eigenvalue weighted by Gasteiger charge is 2.17. The minimum absolute atomic E-state index is 0.330. The van der Waals surface area contributed by atoms with Crippen molar-refractivity contribution in [2.45, 2.75) is 0 Å². The van der Waals surface area contributed by atoms with Crippen molar-refractivity contribution in [1.82, 2.24) is 19.9 Å². The van der Waals surface area contributed by atoms with Crippen molar-refractivity contribution < 1.29 is 9.26 Å². The van der Waals surface area contributed by atoms with E-state index < -0.39 is 0 Å².